The van der Waals surface area contributed by atoms with Crippen LogP contribution in [-0.4, -0.2) is 32.9 Å². The maximum absolute atomic E-state index is 13.1. The quantitative estimate of drug-likeness (QED) is 0.780. The highest BCUT2D eigenvalue weighted by Gasteiger charge is 2.18. The predicted molar refractivity (Wildman–Crippen MR) is 88.3 cm³/mol. The summed E-state index contributed by atoms with van der Waals surface area (Å²) in [6.45, 7) is 2.44. The molecule has 0 spiro atoms. The summed E-state index contributed by atoms with van der Waals surface area (Å²) in [5, 5.41) is 0. The molecule has 23 heavy (non-hydrogen) atoms. The molecule has 0 fully saturated rings. The van der Waals surface area contributed by atoms with E-state index >= 15 is 0 Å². The van der Waals surface area contributed by atoms with Gasteiger partial charge in [-0.05, 0) is 42.3 Å². The topological polar surface area (TPSA) is 46.6 Å². The van der Waals surface area contributed by atoms with Gasteiger partial charge in [-0.25, -0.2) is 17.1 Å². The van der Waals surface area contributed by atoms with Gasteiger partial charge in [0.05, 0.1) is 5.75 Å². The summed E-state index contributed by atoms with van der Waals surface area (Å²) in [5.41, 5.74) is 1.51. The molecule has 0 aliphatic rings. The van der Waals surface area contributed by atoms with Crippen LogP contribution >= 0.6 is 0 Å². The molecule has 2 aromatic carbocycles. The summed E-state index contributed by atoms with van der Waals surface area (Å²) < 4.78 is 44.4. The molecule has 0 atom stereocenters. The summed E-state index contributed by atoms with van der Waals surface area (Å²) in [7, 11) is -2.01. The van der Waals surface area contributed by atoms with Gasteiger partial charge in [0.15, 0.2) is 0 Å². The summed E-state index contributed by atoms with van der Waals surface area (Å²) in [6.07, 6.45) is 0. The second-order valence-corrected chi connectivity index (χ2v) is 7.45. The van der Waals surface area contributed by atoms with E-state index in [1.807, 2.05) is 31.2 Å². The van der Waals surface area contributed by atoms with Gasteiger partial charge < -0.3 is 4.74 Å². The van der Waals surface area contributed by atoms with Gasteiger partial charge in [-0.2, -0.15) is 0 Å². The number of nitrogens with zero attached hydrogens (tertiary/aromatic N) is 1. The number of sulfonamides is 1. The number of aryl methyl sites for hydroxylation is 1. The first kappa shape index (κ1) is 17.4. The average Bonchev–Trinajstić information content (AvgIpc) is 2.46. The zero-order chi connectivity index (χ0) is 16.9. The molecule has 124 valence electrons. The van der Waals surface area contributed by atoms with Gasteiger partial charge >= 0.3 is 0 Å². The Balaban J connectivity index is 1.90. The SMILES string of the molecule is Cc1cccc(OCCN(C)S(=O)(=O)Cc2cccc(F)c2)c1. The van der Waals surface area contributed by atoms with E-state index in [0.29, 0.717) is 11.3 Å². The zero-order valence-electron chi connectivity index (χ0n) is 13.2. The number of hydrogen-bond donors (Lipinski definition) is 0. The predicted octanol–water partition coefficient (Wildman–Crippen LogP) is 2.97. The minimum atomic E-state index is -3.51. The third-order valence-corrected chi connectivity index (χ3v) is 5.21. The Bertz CT molecular complexity index is 762. The van der Waals surface area contributed by atoms with Gasteiger partial charge in [0.1, 0.15) is 18.2 Å². The monoisotopic (exact) mass is 337 g/mol. The second kappa shape index (κ2) is 7.57. The van der Waals surface area contributed by atoms with Gasteiger partial charge in [0.2, 0.25) is 10.0 Å². The number of ether oxygens (including phenoxy) is 1. The molecule has 0 radical (unpaired) electrons. The number of halogens is 1. The molecule has 0 saturated heterocycles. The van der Waals surface area contributed by atoms with Gasteiger partial charge in [-0.3, -0.25) is 0 Å². The summed E-state index contributed by atoms with van der Waals surface area (Å²) in [6, 6.07) is 13.2. The van der Waals surface area contributed by atoms with Gasteiger partial charge in [0, 0.05) is 13.6 Å². The third-order valence-electron chi connectivity index (χ3n) is 3.38. The molecule has 0 amide bonds. The van der Waals surface area contributed by atoms with Crippen molar-refractivity contribution in [3.8, 4) is 5.75 Å². The first-order chi connectivity index (χ1) is 10.9. The molecule has 0 heterocycles. The molecule has 0 aliphatic carbocycles. The molecular weight excluding hydrogens is 317 g/mol. The molecule has 4 nitrogen and oxygen atoms in total. The first-order valence-corrected chi connectivity index (χ1v) is 8.86. The van der Waals surface area contributed by atoms with E-state index in [-0.39, 0.29) is 18.9 Å². The molecule has 6 heteroatoms. The van der Waals surface area contributed by atoms with Crippen LogP contribution in [0.25, 0.3) is 0 Å². The minimum absolute atomic E-state index is 0.228. The lowest BCUT2D eigenvalue weighted by Gasteiger charge is -2.17. The van der Waals surface area contributed by atoms with Gasteiger partial charge in [-0.15, -0.1) is 0 Å². The van der Waals surface area contributed by atoms with E-state index < -0.39 is 15.8 Å². The van der Waals surface area contributed by atoms with Crippen molar-refractivity contribution in [2.45, 2.75) is 12.7 Å². The Labute approximate surface area is 136 Å². The number of likely N-dealkylation sites (N-methyl/N-ethyl adjacent to an activating group) is 1. The molecule has 0 bridgehead atoms. The molecule has 2 aromatic rings. The molecule has 2 rings (SSSR count). The molecule has 0 aliphatic heterocycles. The fourth-order valence-electron chi connectivity index (χ4n) is 2.08. The van der Waals surface area contributed by atoms with Crippen molar-refractivity contribution in [1.82, 2.24) is 4.31 Å². The van der Waals surface area contributed by atoms with Crippen LogP contribution in [0.3, 0.4) is 0 Å². The highest BCUT2D eigenvalue weighted by Crippen LogP contribution is 2.13. The van der Waals surface area contributed by atoms with Crippen LogP contribution in [0.1, 0.15) is 11.1 Å². The van der Waals surface area contributed by atoms with Crippen LogP contribution in [0.2, 0.25) is 0 Å². The number of rotatable bonds is 7. The molecule has 0 N–H and O–H groups in total. The fraction of sp³-hybridized carbons (Fsp3) is 0.294. The van der Waals surface area contributed by atoms with E-state index in [2.05, 4.69) is 0 Å². The van der Waals surface area contributed by atoms with Crippen LogP contribution in [0.15, 0.2) is 48.5 Å². The molecular formula is C17H20FNO3S. The average molecular weight is 337 g/mol. The molecule has 0 saturated carbocycles. The molecule has 0 aromatic heterocycles. The standard InChI is InChI=1S/C17H20FNO3S/c1-14-5-3-8-17(11-14)22-10-9-19(2)23(20,21)13-15-6-4-7-16(18)12-15/h3-8,11-12H,9-10,13H2,1-2H3. The minimum Gasteiger partial charge on any atom is -0.492 e. The van der Waals surface area contributed by atoms with Crippen molar-refractivity contribution in [2.75, 3.05) is 20.2 Å². The normalized spacial score (nSPS) is 11.7. The Morgan fingerprint density at radius 3 is 2.57 bits per heavy atom. The number of benzene rings is 2. The van der Waals surface area contributed by atoms with E-state index in [1.54, 1.807) is 6.07 Å². The third kappa shape index (κ3) is 5.33. The van der Waals surface area contributed by atoms with Crippen molar-refractivity contribution in [1.29, 1.82) is 0 Å². The van der Waals surface area contributed by atoms with E-state index in [9.17, 15) is 12.8 Å². The van der Waals surface area contributed by atoms with Crippen LogP contribution in [-0.2, 0) is 15.8 Å². The number of hydrogen-bond acceptors (Lipinski definition) is 3. The van der Waals surface area contributed by atoms with Crippen molar-refractivity contribution in [3.05, 3.63) is 65.5 Å². The highest BCUT2D eigenvalue weighted by molar-refractivity contribution is 7.88. The van der Waals surface area contributed by atoms with E-state index in [4.69, 9.17) is 4.74 Å². The van der Waals surface area contributed by atoms with Crippen molar-refractivity contribution < 1.29 is 17.5 Å². The Kier molecular flexibility index (Phi) is 5.74. The molecule has 0 unspecified atom stereocenters. The second-order valence-electron chi connectivity index (χ2n) is 5.37. The Morgan fingerprint density at radius 1 is 1.13 bits per heavy atom. The fourth-order valence-corrected chi connectivity index (χ4v) is 3.26. The summed E-state index contributed by atoms with van der Waals surface area (Å²) in [5.74, 6) is 0.0372. The lowest BCUT2D eigenvalue weighted by Crippen LogP contribution is -2.32. The smallest absolute Gasteiger partial charge is 0.218 e. The van der Waals surface area contributed by atoms with Crippen LogP contribution in [0.4, 0.5) is 4.39 Å². The lowest BCUT2D eigenvalue weighted by atomic mass is 10.2. The lowest BCUT2D eigenvalue weighted by molar-refractivity contribution is 0.286. The van der Waals surface area contributed by atoms with Gasteiger partial charge in [-0.1, -0.05) is 24.3 Å². The van der Waals surface area contributed by atoms with Crippen LogP contribution in [0, 0.1) is 12.7 Å². The van der Waals surface area contributed by atoms with Crippen LogP contribution < -0.4 is 4.74 Å². The van der Waals surface area contributed by atoms with Crippen molar-refractivity contribution >= 4 is 10.0 Å². The largest absolute Gasteiger partial charge is 0.492 e. The highest BCUT2D eigenvalue weighted by atomic mass is 32.2. The van der Waals surface area contributed by atoms with E-state index in [0.717, 1.165) is 5.56 Å². The van der Waals surface area contributed by atoms with Crippen molar-refractivity contribution in [2.24, 2.45) is 0 Å². The summed E-state index contributed by atoms with van der Waals surface area (Å²) >= 11 is 0. The Hall–Kier alpha value is -1.92. The van der Waals surface area contributed by atoms with Gasteiger partial charge in [0.25, 0.3) is 0 Å². The van der Waals surface area contributed by atoms with Crippen LogP contribution in [0.5, 0.6) is 5.75 Å². The zero-order valence-corrected chi connectivity index (χ0v) is 14.0. The maximum atomic E-state index is 13.1. The first-order valence-electron chi connectivity index (χ1n) is 7.25. The van der Waals surface area contributed by atoms with Crippen molar-refractivity contribution in [3.63, 3.8) is 0 Å². The Morgan fingerprint density at radius 2 is 1.87 bits per heavy atom. The maximum Gasteiger partial charge on any atom is 0.218 e. The van der Waals surface area contributed by atoms with E-state index in [1.165, 1.54) is 29.6 Å². The summed E-state index contributed by atoms with van der Waals surface area (Å²) in [4.78, 5) is 0.